The van der Waals surface area contributed by atoms with Crippen molar-refractivity contribution in [3.63, 3.8) is 0 Å². The van der Waals surface area contributed by atoms with E-state index in [-0.39, 0.29) is 6.10 Å². The number of ether oxygens (including phenoxy) is 1. The largest absolute Gasteiger partial charge is 0.365 e. The van der Waals surface area contributed by atoms with Crippen LogP contribution in [-0.4, -0.2) is 18.6 Å². The van der Waals surface area contributed by atoms with Crippen molar-refractivity contribution in [2.24, 2.45) is 0 Å². The summed E-state index contributed by atoms with van der Waals surface area (Å²) in [5.74, 6) is 5.90. The molecule has 0 spiro atoms. The van der Waals surface area contributed by atoms with Crippen LogP contribution < -0.4 is 0 Å². The molecule has 1 atom stereocenters. The quantitative estimate of drug-likeness (QED) is 0.450. The maximum Gasteiger partial charge on any atom is 0.132 e. The summed E-state index contributed by atoms with van der Waals surface area (Å²) in [7, 11) is 0. The molecule has 0 radical (unpaired) electrons. The fourth-order valence-corrected chi connectivity index (χ4v) is 0.644. The summed E-state index contributed by atoms with van der Waals surface area (Å²) < 4.78 is 5.14. The fourth-order valence-electron chi connectivity index (χ4n) is 0.478. The number of alkyl halides is 1. The average molecular weight is 159 g/mol. The molecule has 0 fully saturated rings. The van der Waals surface area contributed by atoms with Gasteiger partial charge in [-0.05, 0) is 13.0 Å². The summed E-state index contributed by atoms with van der Waals surface area (Å²) in [4.78, 5) is 0. The molecule has 0 aliphatic rings. The predicted octanol–water partition coefficient (Wildman–Crippen LogP) is 1.82. The van der Waals surface area contributed by atoms with E-state index in [9.17, 15) is 0 Å². The Balaban J connectivity index is 3.69. The van der Waals surface area contributed by atoms with Crippen molar-refractivity contribution >= 4 is 11.6 Å². The lowest BCUT2D eigenvalue weighted by Crippen LogP contribution is -2.11. The van der Waals surface area contributed by atoms with E-state index in [2.05, 4.69) is 18.4 Å². The van der Waals surface area contributed by atoms with Gasteiger partial charge >= 0.3 is 0 Å². The van der Waals surface area contributed by atoms with Crippen molar-refractivity contribution in [1.29, 1.82) is 0 Å². The molecule has 10 heavy (non-hydrogen) atoms. The van der Waals surface area contributed by atoms with E-state index in [1.54, 1.807) is 0 Å². The Morgan fingerprint density at radius 1 is 1.80 bits per heavy atom. The van der Waals surface area contributed by atoms with E-state index < -0.39 is 0 Å². The number of hydrogen-bond donors (Lipinski definition) is 0. The molecule has 0 aromatic rings. The second-order valence-electron chi connectivity index (χ2n) is 1.59. The highest BCUT2D eigenvalue weighted by atomic mass is 35.5. The van der Waals surface area contributed by atoms with Gasteiger partial charge in [-0.3, -0.25) is 0 Å². The summed E-state index contributed by atoms with van der Waals surface area (Å²) >= 11 is 5.52. The lowest BCUT2D eigenvalue weighted by Gasteiger charge is -2.04. The molecule has 0 amide bonds. The number of halogens is 1. The number of hydrogen-bond acceptors (Lipinski definition) is 1. The molecule has 0 aliphatic carbocycles. The van der Waals surface area contributed by atoms with Gasteiger partial charge in [0.25, 0.3) is 0 Å². The minimum absolute atomic E-state index is 0.148. The first-order chi connectivity index (χ1) is 4.85. The molecule has 1 nitrogen and oxygen atoms in total. The van der Waals surface area contributed by atoms with Crippen LogP contribution in [-0.2, 0) is 4.74 Å². The summed E-state index contributed by atoms with van der Waals surface area (Å²) in [5, 5.41) is 0. The van der Waals surface area contributed by atoms with Gasteiger partial charge in [-0.15, -0.1) is 11.6 Å². The van der Waals surface area contributed by atoms with Crippen LogP contribution in [0, 0.1) is 11.8 Å². The Labute approximate surface area is 67.0 Å². The van der Waals surface area contributed by atoms with Crippen LogP contribution in [0.5, 0.6) is 0 Å². The van der Waals surface area contributed by atoms with Gasteiger partial charge in [0, 0.05) is 6.61 Å². The average Bonchev–Trinajstić information content (AvgIpc) is 1.98. The monoisotopic (exact) mass is 158 g/mol. The van der Waals surface area contributed by atoms with Crippen LogP contribution in [0.15, 0.2) is 12.7 Å². The van der Waals surface area contributed by atoms with Gasteiger partial charge in [0.05, 0.1) is 5.88 Å². The van der Waals surface area contributed by atoms with Crippen LogP contribution in [0.4, 0.5) is 0 Å². The van der Waals surface area contributed by atoms with Crippen LogP contribution in [0.25, 0.3) is 0 Å². The second kappa shape index (κ2) is 6.67. The molecule has 0 saturated heterocycles. The van der Waals surface area contributed by atoms with Crippen LogP contribution in [0.1, 0.15) is 6.92 Å². The zero-order chi connectivity index (χ0) is 7.82. The highest BCUT2D eigenvalue weighted by Crippen LogP contribution is 1.92. The molecule has 0 heterocycles. The zero-order valence-corrected chi connectivity index (χ0v) is 6.82. The number of rotatable bonds is 3. The Kier molecular flexibility index (Phi) is 6.37. The third-order valence-corrected chi connectivity index (χ3v) is 1.13. The highest BCUT2D eigenvalue weighted by Gasteiger charge is 1.98. The SMILES string of the molecule is C=CC#CC(CCl)OCC. The fraction of sp³-hybridized carbons (Fsp3) is 0.500. The van der Waals surface area contributed by atoms with Gasteiger partial charge in [0.2, 0.25) is 0 Å². The van der Waals surface area contributed by atoms with E-state index >= 15 is 0 Å². The topological polar surface area (TPSA) is 9.23 Å². The first kappa shape index (κ1) is 9.55. The molecule has 0 saturated carbocycles. The van der Waals surface area contributed by atoms with Crippen LogP contribution in [0.3, 0.4) is 0 Å². The molecule has 0 aromatic heterocycles. The normalized spacial score (nSPS) is 11.4. The van der Waals surface area contributed by atoms with Gasteiger partial charge in [-0.25, -0.2) is 0 Å². The maximum atomic E-state index is 5.52. The van der Waals surface area contributed by atoms with E-state index in [0.29, 0.717) is 12.5 Å². The standard InChI is InChI=1S/C8H11ClO/c1-3-5-6-8(7-9)10-4-2/h3,8H,1,4,7H2,2H3. The minimum Gasteiger partial charge on any atom is -0.365 e. The van der Waals surface area contributed by atoms with Gasteiger partial charge in [0.15, 0.2) is 0 Å². The van der Waals surface area contributed by atoms with E-state index in [0.717, 1.165) is 0 Å². The van der Waals surface area contributed by atoms with Crippen LogP contribution >= 0.6 is 11.6 Å². The molecule has 0 N–H and O–H groups in total. The first-order valence-electron chi connectivity index (χ1n) is 3.14. The third-order valence-electron chi connectivity index (χ3n) is 0.854. The van der Waals surface area contributed by atoms with Crippen molar-refractivity contribution in [1.82, 2.24) is 0 Å². The van der Waals surface area contributed by atoms with Crippen molar-refractivity contribution in [3.8, 4) is 11.8 Å². The molecule has 0 aliphatic heterocycles. The van der Waals surface area contributed by atoms with E-state index in [1.165, 1.54) is 6.08 Å². The molecular weight excluding hydrogens is 148 g/mol. The second-order valence-corrected chi connectivity index (χ2v) is 1.90. The van der Waals surface area contributed by atoms with Crippen molar-refractivity contribution < 1.29 is 4.74 Å². The molecule has 0 aromatic carbocycles. The Bertz CT molecular complexity index is 143. The molecule has 0 bridgehead atoms. The summed E-state index contributed by atoms with van der Waals surface area (Å²) in [6.45, 7) is 6.01. The lowest BCUT2D eigenvalue weighted by molar-refractivity contribution is 0.118. The first-order valence-corrected chi connectivity index (χ1v) is 3.68. The molecule has 2 heteroatoms. The minimum atomic E-state index is -0.148. The van der Waals surface area contributed by atoms with Crippen LogP contribution in [0.2, 0.25) is 0 Å². The van der Waals surface area contributed by atoms with Crippen molar-refractivity contribution in [2.45, 2.75) is 13.0 Å². The smallest absolute Gasteiger partial charge is 0.132 e. The molecule has 1 unspecified atom stereocenters. The van der Waals surface area contributed by atoms with Crippen molar-refractivity contribution in [2.75, 3.05) is 12.5 Å². The Hall–Kier alpha value is -0.450. The van der Waals surface area contributed by atoms with Gasteiger partial charge in [0.1, 0.15) is 6.10 Å². The summed E-state index contributed by atoms with van der Waals surface area (Å²) in [5.41, 5.74) is 0. The van der Waals surface area contributed by atoms with Gasteiger partial charge in [-0.1, -0.05) is 18.4 Å². The molecular formula is C8H11ClO. The number of allylic oxidation sites excluding steroid dienone is 1. The maximum absolute atomic E-state index is 5.52. The predicted molar refractivity (Wildman–Crippen MR) is 44.1 cm³/mol. The van der Waals surface area contributed by atoms with Crippen molar-refractivity contribution in [3.05, 3.63) is 12.7 Å². The molecule has 56 valence electrons. The summed E-state index contributed by atoms with van der Waals surface area (Å²) in [6, 6.07) is 0. The third kappa shape index (κ3) is 4.43. The summed E-state index contributed by atoms with van der Waals surface area (Å²) in [6.07, 6.45) is 1.38. The zero-order valence-electron chi connectivity index (χ0n) is 6.06. The molecule has 0 rings (SSSR count). The van der Waals surface area contributed by atoms with E-state index in [1.807, 2.05) is 6.92 Å². The highest BCUT2D eigenvalue weighted by molar-refractivity contribution is 6.18. The Morgan fingerprint density at radius 3 is 2.90 bits per heavy atom. The van der Waals surface area contributed by atoms with Gasteiger partial charge < -0.3 is 4.74 Å². The van der Waals surface area contributed by atoms with E-state index in [4.69, 9.17) is 16.3 Å². The lowest BCUT2D eigenvalue weighted by atomic mass is 10.4. The Morgan fingerprint density at radius 2 is 2.50 bits per heavy atom. The van der Waals surface area contributed by atoms with Gasteiger partial charge in [-0.2, -0.15) is 0 Å².